The first kappa shape index (κ1) is 16.4. The molecular formula is C19H29N3O. The lowest BCUT2D eigenvalue weighted by Gasteiger charge is -2.35. The molecule has 1 aromatic heterocycles. The van der Waals surface area contributed by atoms with Gasteiger partial charge in [-0.25, -0.2) is 0 Å². The average Bonchev–Trinajstić information content (AvgIpc) is 2.71. The van der Waals surface area contributed by atoms with Crippen molar-refractivity contribution in [2.24, 2.45) is 5.92 Å². The largest absolute Gasteiger partial charge is 0.335 e. The van der Waals surface area contributed by atoms with Crippen LogP contribution in [0.2, 0.25) is 0 Å². The summed E-state index contributed by atoms with van der Waals surface area (Å²) in [7, 11) is 4.24. The van der Waals surface area contributed by atoms with Gasteiger partial charge in [0.25, 0.3) is 5.91 Å². The second kappa shape index (κ2) is 7.43. The Balaban J connectivity index is 1.84. The maximum Gasteiger partial charge on any atom is 0.255 e. The van der Waals surface area contributed by atoms with Crippen LogP contribution in [-0.4, -0.2) is 53.9 Å². The van der Waals surface area contributed by atoms with E-state index in [0.29, 0.717) is 12.0 Å². The Morgan fingerprint density at radius 2 is 2.04 bits per heavy atom. The standard InChI is InChI=1S/C19H29N3O/c1-21(2)12-10-15-13-18-17(9-6-11-20-18)19(23)22(14-15)16-7-4-3-5-8-16/h6,9,11,15-16H,3-5,7-8,10,12-14H2,1-2H3. The third-order valence-corrected chi connectivity index (χ3v) is 5.32. The highest BCUT2D eigenvalue weighted by atomic mass is 16.2. The van der Waals surface area contributed by atoms with Crippen molar-refractivity contribution in [2.45, 2.75) is 51.0 Å². The maximum absolute atomic E-state index is 13.1. The summed E-state index contributed by atoms with van der Waals surface area (Å²) in [5.74, 6) is 0.728. The number of carbonyl (C=O) groups is 1. The minimum absolute atomic E-state index is 0.215. The number of nitrogens with zero attached hydrogens (tertiary/aromatic N) is 3. The molecule has 2 aliphatic rings. The highest BCUT2D eigenvalue weighted by molar-refractivity contribution is 5.95. The molecule has 1 saturated carbocycles. The van der Waals surface area contributed by atoms with E-state index in [-0.39, 0.29) is 5.91 Å². The number of amides is 1. The molecule has 1 aliphatic heterocycles. The predicted octanol–water partition coefficient (Wildman–Crippen LogP) is 2.98. The summed E-state index contributed by atoms with van der Waals surface area (Å²) < 4.78 is 0. The van der Waals surface area contributed by atoms with Gasteiger partial charge in [0.05, 0.1) is 11.3 Å². The van der Waals surface area contributed by atoms with Crippen LogP contribution in [0.4, 0.5) is 0 Å². The van der Waals surface area contributed by atoms with Gasteiger partial charge in [0, 0.05) is 18.8 Å². The molecule has 23 heavy (non-hydrogen) atoms. The molecule has 2 heterocycles. The Morgan fingerprint density at radius 3 is 2.78 bits per heavy atom. The van der Waals surface area contributed by atoms with Crippen LogP contribution in [-0.2, 0) is 6.42 Å². The Morgan fingerprint density at radius 1 is 1.26 bits per heavy atom. The number of pyridine rings is 1. The molecule has 1 unspecified atom stereocenters. The number of aromatic nitrogens is 1. The molecule has 1 amide bonds. The molecule has 3 rings (SSSR count). The molecule has 4 nitrogen and oxygen atoms in total. The quantitative estimate of drug-likeness (QED) is 0.857. The summed E-state index contributed by atoms with van der Waals surface area (Å²) in [6, 6.07) is 4.30. The zero-order valence-electron chi connectivity index (χ0n) is 14.5. The Kier molecular flexibility index (Phi) is 5.31. The zero-order valence-corrected chi connectivity index (χ0v) is 14.5. The predicted molar refractivity (Wildman–Crippen MR) is 92.5 cm³/mol. The Bertz CT molecular complexity index is 537. The van der Waals surface area contributed by atoms with E-state index in [1.165, 1.54) is 32.1 Å². The van der Waals surface area contributed by atoms with Crippen molar-refractivity contribution in [1.82, 2.24) is 14.8 Å². The van der Waals surface area contributed by atoms with E-state index in [2.05, 4.69) is 28.9 Å². The third-order valence-electron chi connectivity index (χ3n) is 5.32. The second-order valence-electron chi connectivity index (χ2n) is 7.41. The van der Waals surface area contributed by atoms with Gasteiger partial charge < -0.3 is 9.80 Å². The normalized spacial score (nSPS) is 23.0. The van der Waals surface area contributed by atoms with E-state index in [9.17, 15) is 4.79 Å². The topological polar surface area (TPSA) is 36.4 Å². The molecule has 1 atom stereocenters. The smallest absolute Gasteiger partial charge is 0.255 e. The summed E-state index contributed by atoms with van der Waals surface area (Å²) >= 11 is 0. The lowest BCUT2D eigenvalue weighted by atomic mass is 9.92. The van der Waals surface area contributed by atoms with Gasteiger partial charge in [0.1, 0.15) is 0 Å². The van der Waals surface area contributed by atoms with Crippen molar-refractivity contribution in [2.75, 3.05) is 27.2 Å². The number of rotatable bonds is 4. The van der Waals surface area contributed by atoms with Crippen LogP contribution in [0.5, 0.6) is 0 Å². The molecule has 0 bridgehead atoms. The molecule has 1 aromatic rings. The van der Waals surface area contributed by atoms with Crippen molar-refractivity contribution < 1.29 is 4.79 Å². The van der Waals surface area contributed by atoms with E-state index < -0.39 is 0 Å². The minimum Gasteiger partial charge on any atom is -0.335 e. The van der Waals surface area contributed by atoms with Gasteiger partial charge in [0.15, 0.2) is 0 Å². The molecule has 4 heteroatoms. The van der Waals surface area contributed by atoms with Crippen molar-refractivity contribution in [3.05, 3.63) is 29.6 Å². The van der Waals surface area contributed by atoms with Gasteiger partial charge in [-0.2, -0.15) is 0 Å². The first-order chi connectivity index (χ1) is 11.1. The van der Waals surface area contributed by atoms with E-state index in [4.69, 9.17) is 0 Å². The van der Waals surface area contributed by atoms with E-state index in [1.807, 2.05) is 18.3 Å². The van der Waals surface area contributed by atoms with Crippen LogP contribution in [0.3, 0.4) is 0 Å². The van der Waals surface area contributed by atoms with Crippen molar-refractivity contribution in [3.8, 4) is 0 Å². The minimum atomic E-state index is 0.215. The van der Waals surface area contributed by atoms with Crippen LogP contribution >= 0.6 is 0 Å². The summed E-state index contributed by atoms with van der Waals surface area (Å²) in [6.45, 7) is 1.97. The van der Waals surface area contributed by atoms with Gasteiger partial charge in [-0.3, -0.25) is 9.78 Å². The lowest BCUT2D eigenvalue weighted by molar-refractivity contribution is 0.0600. The van der Waals surface area contributed by atoms with Crippen LogP contribution in [0.25, 0.3) is 0 Å². The van der Waals surface area contributed by atoms with Crippen LogP contribution in [0.1, 0.15) is 54.6 Å². The fraction of sp³-hybridized carbons (Fsp3) is 0.684. The average molecular weight is 315 g/mol. The van der Waals surface area contributed by atoms with E-state index >= 15 is 0 Å². The maximum atomic E-state index is 13.1. The molecule has 0 radical (unpaired) electrons. The molecule has 0 saturated heterocycles. The van der Waals surface area contributed by atoms with Crippen molar-refractivity contribution in [3.63, 3.8) is 0 Å². The van der Waals surface area contributed by atoms with Gasteiger partial charge in [-0.1, -0.05) is 19.3 Å². The lowest BCUT2D eigenvalue weighted by Crippen LogP contribution is -2.43. The van der Waals surface area contributed by atoms with Crippen LogP contribution in [0.15, 0.2) is 18.3 Å². The van der Waals surface area contributed by atoms with Gasteiger partial charge in [-0.15, -0.1) is 0 Å². The van der Waals surface area contributed by atoms with Crippen LogP contribution < -0.4 is 0 Å². The van der Waals surface area contributed by atoms with Gasteiger partial charge >= 0.3 is 0 Å². The highest BCUT2D eigenvalue weighted by Crippen LogP contribution is 2.29. The van der Waals surface area contributed by atoms with Gasteiger partial charge in [-0.05, 0) is 64.4 Å². The molecule has 126 valence electrons. The fourth-order valence-corrected chi connectivity index (χ4v) is 3.99. The number of hydrogen-bond acceptors (Lipinski definition) is 3. The summed E-state index contributed by atoms with van der Waals surface area (Å²) in [6.07, 6.45) is 10.1. The molecule has 0 spiro atoms. The van der Waals surface area contributed by atoms with Gasteiger partial charge in [0.2, 0.25) is 0 Å². The number of hydrogen-bond donors (Lipinski definition) is 0. The SMILES string of the molecule is CN(C)CCC1Cc2ncccc2C(=O)N(C2CCCCC2)C1. The molecule has 0 aromatic carbocycles. The molecule has 1 aliphatic carbocycles. The summed E-state index contributed by atoms with van der Waals surface area (Å²) in [5, 5.41) is 0. The Labute approximate surface area is 139 Å². The third kappa shape index (κ3) is 3.92. The van der Waals surface area contributed by atoms with Crippen LogP contribution in [0, 0.1) is 5.92 Å². The van der Waals surface area contributed by atoms with Crippen molar-refractivity contribution >= 4 is 5.91 Å². The number of fused-ring (bicyclic) bond motifs is 1. The van der Waals surface area contributed by atoms with E-state index in [0.717, 1.165) is 37.2 Å². The Hall–Kier alpha value is -1.42. The molecule has 1 fully saturated rings. The summed E-state index contributed by atoms with van der Waals surface area (Å²) in [5.41, 5.74) is 1.84. The van der Waals surface area contributed by atoms with E-state index in [1.54, 1.807) is 0 Å². The van der Waals surface area contributed by atoms with Crippen molar-refractivity contribution in [1.29, 1.82) is 0 Å². The summed E-state index contributed by atoms with van der Waals surface area (Å²) in [4.78, 5) is 22.0. The molecule has 0 N–H and O–H groups in total. The first-order valence-corrected chi connectivity index (χ1v) is 9.04. The fourth-order valence-electron chi connectivity index (χ4n) is 3.99. The highest BCUT2D eigenvalue weighted by Gasteiger charge is 2.33. The monoisotopic (exact) mass is 315 g/mol. The second-order valence-corrected chi connectivity index (χ2v) is 7.41. The zero-order chi connectivity index (χ0) is 16.2. The number of carbonyl (C=O) groups excluding carboxylic acids is 1. The first-order valence-electron chi connectivity index (χ1n) is 9.04. The molecular weight excluding hydrogens is 286 g/mol.